The minimum atomic E-state index is 0.291. The fourth-order valence-corrected chi connectivity index (χ4v) is 3.62. The summed E-state index contributed by atoms with van der Waals surface area (Å²) in [5.41, 5.74) is 2.71. The van der Waals surface area contributed by atoms with Crippen molar-refractivity contribution in [2.75, 3.05) is 19.8 Å². The van der Waals surface area contributed by atoms with E-state index in [1.807, 2.05) is 0 Å². The van der Waals surface area contributed by atoms with Gasteiger partial charge in [0.1, 0.15) is 13.2 Å². The van der Waals surface area contributed by atoms with E-state index in [0.29, 0.717) is 19.3 Å². The molecular formula is C15H15NO2S. The smallest absolute Gasteiger partial charge is 0.161 e. The average Bonchev–Trinajstić information content (AvgIpc) is 2.98. The van der Waals surface area contributed by atoms with Gasteiger partial charge in [0.05, 0.1) is 6.04 Å². The van der Waals surface area contributed by atoms with Crippen LogP contribution in [0.1, 0.15) is 22.0 Å². The van der Waals surface area contributed by atoms with Crippen LogP contribution in [0.2, 0.25) is 0 Å². The molecular weight excluding hydrogens is 258 g/mol. The van der Waals surface area contributed by atoms with Gasteiger partial charge in [-0.15, -0.1) is 11.3 Å². The quantitative estimate of drug-likeness (QED) is 0.866. The molecule has 0 spiro atoms. The molecule has 0 aliphatic carbocycles. The third kappa shape index (κ3) is 1.91. The van der Waals surface area contributed by atoms with Crippen molar-refractivity contribution in [2.45, 2.75) is 12.5 Å². The highest BCUT2D eigenvalue weighted by molar-refractivity contribution is 7.10. The Morgan fingerprint density at radius 1 is 1.16 bits per heavy atom. The lowest BCUT2D eigenvalue weighted by atomic mass is 9.92. The first-order valence-electron chi connectivity index (χ1n) is 6.61. The Labute approximate surface area is 116 Å². The summed E-state index contributed by atoms with van der Waals surface area (Å²) < 4.78 is 11.4. The summed E-state index contributed by atoms with van der Waals surface area (Å²) in [6.45, 7) is 2.30. The molecule has 3 heterocycles. The van der Waals surface area contributed by atoms with E-state index in [0.717, 1.165) is 24.5 Å². The fourth-order valence-electron chi connectivity index (χ4n) is 2.80. The zero-order valence-electron chi connectivity index (χ0n) is 10.5. The van der Waals surface area contributed by atoms with Crippen LogP contribution in [-0.4, -0.2) is 19.8 Å². The fraction of sp³-hybridized carbons (Fsp3) is 0.333. The Kier molecular flexibility index (Phi) is 2.71. The molecule has 3 nitrogen and oxygen atoms in total. The summed E-state index contributed by atoms with van der Waals surface area (Å²) in [6, 6.07) is 8.90. The summed E-state index contributed by atoms with van der Waals surface area (Å²) >= 11 is 1.80. The second kappa shape index (κ2) is 4.54. The maximum Gasteiger partial charge on any atom is 0.161 e. The molecule has 0 amide bonds. The Balaban J connectivity index is 1.81. The number of rotatable bonds is 1. The number of benzene rings is 1. The molecule has 0 saturated heterocycles. The van der Waals surface area contributed by atoms with Crippen LogP contribution in [0.4, 0.5) is 0 Å². The molecule has 0 fully saturated rings. The van der Waals surface area contributed by atoms with Crippen LogP contribution in [0.25, 0.3) is 0 Å². The number of ether oxygens (including phenoxy) is 2. The van der Waals surface area contributed by atoms with Gasteiger partial charge >= 0.3 is 0 Å². The molecule has 1 atom stereocenters. The van der Waals surface area contributed by atoms with Crippen molar-refractivity contribution >= 4 is 11.3 Å². The van der Waals surface area contributed by atoms with Gasteiger partial charge in [0.15, 0.2) is 11.5 Å². The highest BCUT2D eigenvalue weighted by Crippen LogP contribution is 2.39. The lowest BCUT2D eigenvalue weighted by Gasteiger charge is -2.29. The number of fused-ring (bicyclic) bond motifs is 2. The van der Waals surface area contributed by atoms with Crippen LogP contribution in [-0.2, 0) is 6.42 Å². The molecule has 19 heavy (non-hydrogen) atoms. The molecule has 0 bridgehead atoms. The van der Waals surface area contributed by atoms with E-state index in [2.05, 4.69) is 35.0 Å². The normalized spacial score (nSPS) is 20.9. The summed E-state index contributed by atoms with van der Waals surface area (Å²) in [5.74, 6) is 1.78. The first kappa shape index (κ1) is 11.3. The third-order valence-corrected chi connectivity index (χ3v) is 4.62. The van der Waals surface area contributed by atoms with Crippen molar-refractivity contribution in [3.05, 3.63) is 45.6 Å². The number of hydrogen-bond donors (Lipinski definition) is 1. The largest absolute Gasteiger partial charge is 0.486 e. The van der Waals surface area contributed by atoms with Gasteiger partial charge in [0.25, 0.3) is 0 Å². The second-order valence-corrected chi connectivity index (χ2v) is 5.83. The van der Waals surface area contributed by atoms with Gasteiger partial charge in [-0.1, -0.05) is 6.07 Å². The van der Waals surface area contributed by atoms with Gasteiger partial charge in [-0.25, -0.2) is 0 Å². The predicted octanol–water partition coefficient (Wildman–Crippen LogP) is 2.75. The van der Waals surface area contributed by atoms with Crippen molar-refractivity contribution in [1.82, 2.24) is 5.32 Å². The summed E-state index contributed by atoms with van der Waals surface area (Å²) in [5, 5.41) is 5.73. The zero-order valence-corrected chi connectivity index (χ0v) is 11.3. The van der Waals surface area contributed by atoms with Crippen LogP contribution in [0.3, 0.4) is 0 Å². The molecule has 2 aromatic rings. The summed E-state index contributed by atoms with van der Waals surface area (Å²) in [7, 11) is 0. The Morgan fingerprint density at radius 2 is 2.00 bits per heavy atom. The van der Waals surface area contributed by atoms with Gasteiger partial charge in [-0.05, 0) is 41.1 Å². The van der Waals surface area contributed by atoms with Crippen LogP contribution in [0.15, 0.2) is 29.6 Å². The molecule has 98 valence electrons. The van der Waals surface area contributed by atoms with E-state index in [9.17, 15) is 0 Å². The second-order valence-electron chi connectivity index (χ2n) is 4.85. The SMILES string of the molecule is c1csc(C2NCCc3cc4c(cc32)OCCO4)c1. The van der Waals surface area contributed by atoms with E-state index in [-0.39, 0.29) is 0 Å². The number of hydrogen-bond acceptors (Lipinski definition) is 4. The highest BCUT2D eigenvalue weighted by atomic mass is 32.1. The van der Waals surface area contributed by atoms with Gasteiger partial charge in [-0.3, -0.25) is 0 Å². The Hall–Kier alpha value is -1.52. The van der Waals surface area contributed by atoms with Gasteiger partial charge in [0, 0.05) is 11.4 Å². The summed E-state index contributed by atoms with van der Waals surface area (Å²) in [6.07, 6.45) is 1.05. The molecule has 2 aliphatic rings. The summed E-state index contributed by atoms with van der Waals surface area (Å²) in [4.78, 5) is 1.36. The standard InChI is InChI=1S/C15H15NO2S/c1-2-14(19-7-1)15-11-9-13-12(17-5-6-18-13)8-10(11)3-4-16-15/h1-2,7-9,15-16H,3-6H2. The highest BCUT2D eigenvalue weighted by Gasteiger charge is 2.25. The van der Waals surface area contributed by atoms with E-state index in [1.54, 1.807) is 11.3 Å². The number of thiophene rings is 1. The molecule has 0 radical (unpaired) electrons. The molecule has 2 aliphatic heterocycles. The minimum absolute atomic E-state index is 0.291. The topological polar surface area (TPSA) is 30.5 Å². The van der Waals surface area contributed by atoms with Crippen LogP contribution in [0, 0.1) is 0 Å². The predicted molar refractivity (Wildman–Crippen MR) is 75.3 cm³/mol. The number of nitrogens with one attached hydrogen (secondary N) is 1. The van der Waals surface area contributed by atoms with E-state index in [1.165, 1.54) is 16.0 Å². The molecule has 1 aromatic heterocycles. The van der Waals surface area contributed by atoms with Crippen LogP contribution < -0.4 is 14.8 Å². The van der Waals surface area contributed by atoms with Crippen molar-refractivity contribution in [1.29, 1.82) is 0 Å². The average molecular weight is 273 g/mol. The van der Waals surface area contributed by atoms with E-state index in [4.69, 9.17) is 9.47 Å². The van der Waals surface area contributed by atoms with Crippen molar-refractivity contribution in [2.24, 2.45) is 0 Å². The van der Waals surface area contributed by atoms with E-state index < -0.39 is 0 Å². The van der Waals surface area contributed by atoms with E-state index >= 15 is 0 Å². The lowest BCUT2D eigenvalue weighted by Crippen LogP contribution is -2.30. The zero-order chi connectivity index (χ0) is 12.7. The van der Waals surface area contributed by atoms with Crippen molar-refractivity contribution in [3.63, 3.8) is 0 Å². The molecule has 0 saturated carbocycles. The molecule has 1 unspecified atom stereocenters. The van der Waals surface area contributed by atoms with Gasteiger partial charge in [0.2, 0.25) is 0 Å². The van der Waals surface area contributed by atoms with Gasteiger partial charge in [-0.2, -0.15) is 0 Å². The first-order valence-corrected chi connectivity index (χ1v) is 7.49. The lowest BCUT2D eigenvalue weighted by molar-refractivity contribution is 0.171. The monoisotopic (exact) mass is 273 g/mol. The van der Waals surface area contributed by atoms with Crippen molar-refractivity contribution in [3.8, 4) is 11.5 Å². The third-order valence-electron chi connectivity index (χ3n) is 3.69. The maximum absolute atomic E-state index is 5.71. The molecule has 1 aromatic carbocycles. The van der Waals surface area contributed by atoms with Crippen LogP contribution in [0.5, 0.6) is 11.5 Å². The maximum atomic E-state index is 5.71. The Bertz CT molecular complexity index is 594. The van der Waals surface area contributed by atoms with Gasteiger partial charge < -0.3 is 14.8 Å². The first-order chi connectivity index (χ1) is 9.42. The molecule has 4 rings (SSSR count). The van der Waals surface area contributed by atoms with Crippen LogP contribution >= 0.6 is 11.3 Å². The minimum Gasteiger partial charge on any atom is -0.486 e. The van der Waals surface area contributed by atoms with Crippen molar-refractivity contribution < 1.29 is 9.47 Å². The molecule has 4 heteroatoms. The Morgan fingerprint density at radius 3 is 2.79 bits per heavy atom. The molecule has 1 N–H and O–H groups in total.